The molecule has 0 saturated carbocycles. The van der Waals surface area contributed by atoms with Crippen molar-refractivity contribution in [2.24, 2.45) is 4.99 Å². The Labute approximate surface area is 181 Å². The molecule has 1 amide bonds. The Morgan fingerprint density at radius 3 is 2.00 bits per heavy atom. The average molecular weight is 406 g/mol. The first kappa shape index (κ1) is 19.0. The minimum Gasteiger partial charge on any atom is -0.305 e. The molecule has 0 unspecified atom stereocenters. The van der Waals surface area contributed by atoms with E-state index in [9.17, 15) is 4.79 Å². The summed E-state index contributed by atoms with van der Waals surface area (Å²) in [6, 6.07) is 29.9. The highest BCUT2D eigenvalue weighted by atomic mass is 16.2. The van der Waals surface area contributed by atoms with Gasteiger partial charge in [-0.05, 0) is 19.1 Å². The number of carbonyl (C=O) groups is 1. The maximum atomic E-state index is 13.5. The molecule has 1 aliphatic rings. The van der Waals surface area contributed by atoms with Crippen LogP contribution in [0.15, 0.2) is 102 Å². The number of hydrogen-bond donors (Lipinski definition) is 0. The number of anilines is 1. The molecule has 5 nitrogen and oxygen atoms in total. The van der Waals surface area contributed by atoms with Gasteiger partial charge in [0.05, 0.1) is 18.0 Å². The van der Waals surface area contributed by atoms with Gasteiger partial charge >= 0.3 is 0 Å². The maximum Gasteiger partial charge on any atom is 0.278 e. The van der Waals surface area contributed by atoms with Crippen molar-refractivity contribution in [3.63, 3.8) is 0 Å². The molecule has 4 aromatic rings. The minimum atomic E-state index is -0.0824. The van der Waals surface area contributed by atoms with Crippen LogP contribution in [-0.2, 0) is 0 Å². The van der Waals surface area contributed by atoms with Gasteiger partial charge in [-0.15, -0.1) is 0 Å². The Kier molecular flexibility index (Phi) is 4.92. The van der Waals surface area contributed by atoms with Crippen LogP contribution in [0.3, 0.4) is 0 Å². The van der Waals surface area contributed by atoms with Crippen molar-refractivity contribution in [3.05, 3.63) is 114 Å². The fourth-order valence-corrected chi connectivity index (χ4v) is 3.97. The summed E-state index contributed by atoms with van der Waals surface area (Å²) in [5.74, 6) is -0.0824. The van der Waals surface area contributed by atoms with Crippen molar-refractivity contribution in [3.8, 4) is 0 Å². The fourth-order valence-electron chi connectivity index (χ4n) is 3.97. The molecule has 1 aliphatic heterocycles. The van der Waals surface area contributed by atoms with Gasteiger partial charge in [0.25, 0.3) is 5.91 Å². The second kappa shape index (κ2) is 8.03. The van der Waals surface area contributed by atoms with Crippen molar-refractivity contribution in [2.75, 3.05) is 11.4 Å². The summed E-state index contributed by atoms with van der Waals surface area (Å²) in [6.07, 6.45) is 1.70. The van der Waals surface area contributed by atoms with Crippen molar-refractivity contribution < 1.29 is 4.79 Å². The molecule has 5 rings (SSSR count). The predicted octanol–water partition coefficient (Wildman–Crippen LogP) is 5.27. The molecule has 0 spiro atoms. The highest BCUT2D eigenvalue weighted by molar-refractivity contribution is 6.15. The number of carbonyl (C=O) groups excluding carboxylic acids is 1. The predicted molar refractivity (Wildman–Crippen MR) is 123 cm³/mol. The second-order valence-electron chi connectivity index (χ2n) is 7.62. The molecule has 31 heavy (non-hydrogen) atoms. The Balaban J connectivity index is 1.64. The Hall–Kier alpha value is -3.99. The molecule has 1 atom stereocenters. The van der Waals surface area contributed by atoms with E-state index >= 15 is 0 Å². The van der Waals surface area contributed by atoms with Crippen molar-refractivity contribution in [1.29, 1.82) is 0 Å². The zero-order valence-corrected chi connectivity index (χ0v) is 17.2. The first-order chi connectivity index (χ1) is 15.2. The molecule has 3 aromatic carbocycles. The molecule has 0 radical (unpaired) electrons. The van der Waals surface area contributed by atoms with Crippen LogP contribution in [0.4, 0.5) is 11.4 Å². The van der Waals surface area contributed by atoms with Gasteiger partial charge in [0.1, 0.15) is 5.69 Å². The average Bonchev–Trinajstić information content (AvgIpc) is 3.26. The van der Waals surface area contributed by atoms with E-state index in [1.165, 1.54) is 0 Å². The molecule has 0 aliphatic carbocycles. The Bertz CT molecular complexity index is 1190. The van der Waals surface area contributed by atoms with E-state index < -0.39 is 0 Å². The fraction of sp³-hybridized carbons (Fsp3) is 0.115. The van der Waals surface area contributed by atoms with Crippen LogP contribution >= 0.6 is 0 Å². The van der Waals surface area contributed by atoms with Gasteiger partial charge in [-0.2, -0.15) is 5.10 Å². The first-order valence-corrected chi connectivity index (χ1v) is 10.4. The van der Waals surface area contributed by atoms with Gasteiger partial charge in [0, 0.05) is 23.4 Å². The van der Waals surface area contributed by atoms with Crippen LogP contribution in [0.1, 0.15) is 34.6 Å². The molecular weight excluding hydrogens is 384 g/mol. The van der Waals surface area contributed by atoms with Crippen LogP contribution < -0.4 is 4.90 Å². The van der Waals surface area contributed by atoms with Crippen LogP contribution in [-0.4, -0.2) is 27.9 Å². The van der Waals surface area contributed by atoms with Crippen LogP contribution in [0.2, 0.25) is 0 Å². The number of para-hydroxylation sites is 1. The first-order valence-electron chi connectivity index (χ1n) is 10.4. The quantitative estimate of drug-likeness (QED) is 0.433. The van der Waals surface area contributed by atoms with E-state index in [2.05, 4.69) is 12.0 Å². The number of aromatic nitrogens is 2. The molecular formula is C26H22N4O. The second-order valence-corrected chi connectivity index (χ2v) is 7.62. The van der Waals surface area contributed by atoms with Gasteiger partial charge < -0.3 is 4.90 Å². The van der Waals surface area contributed by atoms with E-state index in [1.807, 2.05) is 95.9 Å². The molecule has 152 valence electrons. The van der Waals surface area contributed by atoms with E-state index in [4.69, 9.17) is 4.99 Å². The number of hydrogen-bond acceptors (Lipinski definition) is 3. The Morgan fingerprint density at radius 2 is 1.42 bits per heavy atom. The third-order valence-corrected chi connectivity index (χ3v) is 5.48. The van der Waals surface area contributed by atoms with Crippen LogP contribution in [0, 0.1) is 0 Å². The number of benzene rings is 3. The number of rotatable bonds is 4. The van der Waals surface area contributed by atoms with E-state index in [-0.39, 0.29) is 11.9 Å². The van der Waals surface area contributed by atoms with Crippen LogP contribution in [0.5, 0.6) is 0 Å². The zero-order chi connectivity index (χ0) is 21.2. The largest absolute Gasteiger partial charge is 0.305 e. The van der Waals surface area contributed by atoms with E-state index in [0.29, 0.717) is 17.9 Å². The normalized spacial score (nSPS) is 15.5. The lowest BCUT2D eigenvalue weighted by Gasteiger charge is -2.32. The highest BCUT2D eigenvalue weighted by Gasteiger charge is 2.33. The highest BCUT2D eigenvalue weighted by Crippen LogP contribution is 2.32. The molecule has 0 N–H and O–H groups in total. The van der Waals surface area contributed by atoms with Crippen molar-refractivity contribution in [1.82, 2.24) is 9.78 Å². The molecule has 5 heteroatoms. The topological polar surface area (TPSA) is 50.5 Å². The van der Waals surface area contributed by atoms with Gasteiger partial charge in [-0.3, -0.25) is 9.48 Å². The number of nitrogens with zero attached hydrogens (tertiary/aromatic N) is 4. The molecule has 0 bridgehead atoms. The maximum absolute atomic E-state index is 13.5. The molecule has 2 heterocycles. The van der Waals surface area contributed by atoms with E-state index in [0.717, 1.165) is 22.5 Å². The lowest BCUT2D eigenvalue weighted by atomic mass is 10.0. The summed E-state index contributed by atoms with van der Waals surface area (Å²) in [7, 11) is 0. The van der Waals surface area contributed by atoms with Crippen molar-refractivity contribution in [2.45, 2.75) is 13.0 Å². The SMILES string of the molecule is C[C@H]1CN(c2ccccc2)C(=O)c2c(N=C(c3ccccc3)c3ccccc3)cnn21. The van der Waals surface area contributed by atoms with Gasteiger partial charge in [0.15, 0.2) is 5.69 Å². The smallest absolute Gasteiger partial charge is 0.278 e. The zero-order valence-electron chi connectivity index (χ0n) is 17.2. The molecule has 0 fully saturated rings. The Morgan fingerprint density at radius 1 is 0.871 bits per heavy atom. The third kappa shape index (κ3) is 3.55. The summed E-state index contributed by atoms with van der Waals surface area (Å²) >= 11 is 0. The summed E-state index contributed by atoms with van der Waals surface area (Å²) in [5, 5.41) is 4.52. The lowest BCUT2D eigenvalue weighted by molar-refractivity contribution is 0.0954. The number of aliphatic imine (C=N–C) groups is 1. The molecule has 1 aromatic heterocycles. The lowest BCUT2D eigenvalue weighted by Crippen LogP contribution is -2.42. The summed E-state index contributed by atoms with van der Waals surface area (Å²) in [4.78, 5) is 20.3. The van der Waals surface area contributed by atoms with Gasteiger partial charge in [-0.1, -0.05) is 78.9 Å². The monoisotopic (exact) mass is 406 g/mol. The van der Waals surface area contributed by atoms with Gasteiger partial charge in [0.2, 0.25) is 0 Å². The third-order valence-electron chi connectivity index (χ3n) is 5.48. The molecule has 0 saturated heterocycles. The number of fused-ring (bicyclic) bond motifs is 1. The van der Waals surface area contributed by atoms with E-state index in [1.54, 1.807) is 10.9 Å². The summed E-state index contributed by atoms with van der Waals surface area (Å²) < 4.78 is 1.80. The summed E-state index contributed by atoms with van der Waals surface area (Å²) in [6.45, 7) is 2.65. The minimum absolute atomic E-state index is 0.0498. The van der Waals surface area contributed by atoms with Crippen LogP contribution in [0.25, 0.3) is 0 Å². The standard InChI is InChI=1S/C26H22N4O/c1-19-18-29(22-15-9-4-10-16-22)26(31)25-23(17-27-30(19)25)28-24(20-11-5-2-6-12-20)21-13-7-3-8-14-21/h2-17,19H,18H2,1H3/t19-/m0/s1. The van der Waals surface area contributed by atoms with Crippen molar-refractivity contribution >= 4 is 23.0 Å². The van der Waals surface area contributed by atoms with Gasteiger partial charge in [-0.25, -0.2) is 4.99 Å². The summed E-state index contributed by atoms with van der Waals surface area (Å²) in [5.41, 5.74) is 4.78. The number of amides is 1.